The van der Waals surface area contributed by atoms with E-state index >= 15 is 0 Å². The predicted molar refractivity (Wildman–Crippen MR) is 78.9 cm³/mol. The van der Waals surface area contributed by atoms with Crippen LogP contribution in [0.1, 0.15) is 17.4 Å². The van der Waals surface area contributed by atoms with Crippen molar-refractivity contribution in [3.05, 3.63) is 27.9 Å². The van der Waals surface area contributed by atoms with Gasteiger partial charge in [-0.3, -0.25) is 9.59 Å². The van der Waals surface area contributed by atoms with Gasteiger partial charge in [-0.2, -0.15) is 11.3 Å². The van der Waals surface area contributed by atoms with E-state index in [1.54, 1.807) is 28.5 Å². The molecule has 1 N–H and O–H groups in total. The second-order valence-electron chi connectivity index (χ2n) is 4.52. The van der Waals surface area contributed by atoms with Crippen LogP contribution in [0.15, 0.2) is 22.2 Å². The first-order valence-corrected chi connectivity index (χ1v) is 8.06. The Kier molecular flexibility index (Phi) is 3.54. The molecule has 1 atom stereocenters. The van der Waals surface area contributed by atoms with Gasteiger partial charge in [-0.1, -0.05) is 0 Å². The molecule has 3 heterocycles. The van der Waals surface area contributed by atoms with Gasteiger partial charge in [0.05, 0.1) is 0 Å². The van der Waals surface area contributed by atoms with Crippen LogP contribution >= 0.6 is 22.7 Å². The van der Waals surface area contributed by atoms with Crippen LogP contribution in [0, 0.1) is 0 Å². The summed E-state index contributed by atoms with van der Waals surface area (Å²) in [5.74, 6) is -0.289. The van der Waals surface area contributed by atoms with Gasteiger partial charge in [-0.15, -0.1) is 11.3 Å². The molecule has 20 heavy (non-hydrogen) atoms. The zero-order chi connectivity index (χ0) is 14.1. The summed E-state index contributed by atoms with van der Waals surface area (Å²) in [5.41, 5.74) is 1.45. The maximum absolute atomic E-state index is 12.4. The topological polar surface area (TPSA) is 62.3 Å². The zero-order valence-electron chi connectivity index (χ0n) is 10.8. The lowest BCUT2D eigenvalue weighted by atomic mass is 10.2. The van der Waals surface area contributed by atoms with Gasteiger partial charge in [0, 0.05) is 29.4 Å². The maximum Gasteiger partial charge on any atom is 0.274 e. The Morgan fingerprint density at radius 1 is 1.50 bits per heavy atom. The average Bonchev–Trinajstić information content (AvgIpc) is 3.11. The Morgan fingerprint density at radius 3 is 3.10 bits per heavy atom. The van der Waals surface area contributed by atoms with E-state index in [0.717, 1.165) is 10.6 Å². The quantitative estimate of drug-likeness (QED) is 0.921. The lowest BCUT2D eigenvalue weighted by molar-refractivity contribution is -0.127. The maximum atomic E-state index is 12.4. The molecule has 5 nitrogen and oxygen atoms in total. The molecule has 0 aliphatic carbocycles. The molecule has 2 aromatic heterocycles. The first kappa shape index (κ1) is 13.3. The highest BCUT2D eigenvalue weighted by Crippen LogP contribution is 2.26. The minimum atomic E-state index is -0.442. The second-order valence-corrected chi connectivity index (χ2v) is 6.15. The molecule has 0 radical (unpaired) electrons. The van der Waals surface area contributed by atoms with Crippen molar-refractivity contribution in [3.8, 4) is 10.6 Å². The highest BCUT2D eigenvalue weighted by molar-refractivity contribution is 7.14. The van der Waals surface area contributed by atoms with Gasteiger partial charge in [-0.25, -0.2) is 4.98 Å². The number of rotatable bonds is 2. The molecule has 0 spiro atoms. The standard InChI is InChI=1S/C13H13N3O2S2/c1-8-11(17)14-3-4-16(8)13(18)10-7-20-12(15-10)9-2-5-19-6-9/h2,5-8H,3-4H2,1H3,(H,14,17). The first-order valence-electron chi connectivity index (χ1n) is 6.23. The number of hydrogen-bond donors (Lipinski definition) is 1. The van der Waals surface area contributed by atoms with Crippen molar-refractivity contribution >= 4 is 34.5 Å². The van der Waals surface area contributed by atoms with E-state index in [9.17, 15) is 9.59 Å². The van der Waals surface area contributed by atoms with Gasteiger partial charge in [-0.05, 0) is 18.4 Å². The molecule has 3 rings (SSSR count). The summed E-state index contributed by atoms with van der Waals surface area (Å²) in [6.07, 6.45) is 0. The fourth-order valence-electron chi connectivity index (χ4n) is 2.10. The molecule has 1 aliphatic heterocycles. The third-order valence-corrected chi connectivity index (χ3v) is 4.83. The summed E-state index contributed by atoms with van der Waals surface area (Å²) in [7, 11) is 0. The van der Waals surface area contributed by atoms with E-state index in [1.807, 2.05) is 16.8 Å². The fraction of sp³-hybridized carbons (Fsp3) is 0.308. The van der Waals surface area contributed by atoms with E-state index in [0.29, 0.717) is 18.8 Å². The van der Waals surface area contributed by atoms with E-state index in [4.69, 9.17) is 0 Å². The second kappa shape index (κ2) is 5.34. The smallest absolute Gasteiger partial charge is 0.274 e. The number of piperazine rings is 1. The molecule has 1 saturated heterocycles. The van der Waals surface area contributed by atoms with Gasteiger partial charge in [0.15, 0.2) is 0 Å². The Morgan fingerprint density at radius 2 is 2.35 bits per heavy atom. The number of carbonyl (C=O) groups excluding carboxylic acids is 2. The summed E-state index contributed by atoms with van der Waals surface area (Å²) in [6, 6.07) is 1.54. The summed E-state index contributed by atoms with van der Waals surface area (Å²) < 4.78 is 0. The predicted octanol–water partition coefficient (Wildman–Crippen LogP) is 1.83. The monoisotopic (exact) mass is 307 g/mol. The third kappa shape index (κ3) is 2.34. The zero-order valence-corrected chi connectivity index (χ0v) is 12.5. The van der Waals surface area contributed by atoms with Crippen molar-refractivity contribution < 1.29 is 9.59 Å². The van der Waals surface area contributed by atoms with Gasteiger partial charge < -0.3 is 10.2 Å². The van der Waals surface area contributed by atoms with Crippen LogP contribution in [-0.4, -0.2) is 40.8 Å². The molecule has 104 valence electrons. The molecule has 0 aromatic carbocycles. The van der Waals surface area contributed by atoms with Gasteiger partial charge in [0.2, 0.25) is 5.91 Å². The number of hydrogen-bond acceptors (Lipinski definition) is 5. The van der Waals surface area contributed by atoms with Crippen LogP contribution in [0.25, 0.3) is 10.6 Å². The van der Waals surface area contributed by atoms with Crippen LogP contribution in [0.2, 0.25) is 0 Å². The molecule has 0 saturated carbocycles. The van der Waals surface area contributed by atoms with Gasteiger partial charge >= 0.3 is 0 Å². The number of nitrogens with zero attached hydrogens (tertiary/aromatic N) is 2. The Bertz CT molecular complexity index is 636. The van der Waals surface area contributed by atoms with Crippen LogP contribution in [0.3, 0.4) is 0 Å². The molecular weight excluding hydrogens is 294 g/mol. The number of thiazole rings is 1. The number of nitrogens with one attached hydrogen (secondary N) is 1. The molecule has 1 fully saturated rings. The van der Waals surface area contributed by atoms with Crippen molar-refractivity contribution in [2.24, 2.45) is 0 Å². The Balaban J connectivity index is 1.82. The van der Waals surface area contributed by atoms with Crippen LogP contribution in [0.4, 0.5) is 0 Å². The Labute approximate surface area is 124 Å². The summed E-state index contributed by atoms with van der Waals surface area (Å²) in [5, 5.41) is 9.33. The van der Waals surface area contributed by atoms with E-state index in [2.05, 4.69) is 10.3 Å². The van der Waals surface area contributed by atoms with Crippen molar-refractivity contribution in [1.82, 2.24) is 15.2 Å². The number of aromatic nitrogens is 1. The normalized spacial score (nSPS) is 18.9. The first-order chi connectivity index (χ1) is 9.66. The number of amides is 2. The van der Waals surface area contributed by atoms with Gasteiger partial charge in [0.25, 0.3) is 5.91 Å². The molecular formula is C13H13N3O2S2. The van der Waals surface area contributed by atoms with Gasteiger partial charge in [0.1, 0.15) is 16.7 Å². The van der Waals surface area contributed by atoms with E-state index in [1.165, 1.54) is 11.3 Å². The largest absolute Gasteiger partial charge is 0.353 e. The molecule has 1 unspecified atom stereocenters. The lowest BCUT2D eigenvalue weighted by Gasteiger charge is -2.32. The highest BCUT2D eigenvalue weighted by Gasteiger charge is 2.31. The summed E-state index contributed by atoms with van der Waals surface area (Å²) in [4.78, 5) is 30.0. The van der Waals surface area contributed by atoms with Crippen molar-refractivity contribution in [2.45, 2.75) is 13.0 Å². The van der Waals surface area contributed by atoms with Crippen molar-refractivity contribution in [2.75, 3.05) is 13.1 Å². The summed E-state index contributed by atoms with van der Waals surface area (Å²) >= 11 is 3.05. The van der Waals surface area contributed by atoms with Crippen molar-refractivity contribution in [1.29, 1.82) is 0 Å². The minimum absolute atomic E-state index is 0.113. The van der Waals surface area contributed by atoms with Crippen LogP contribution in [-0.2, 0) is 4.79 Å². The van der Waals surface area contributed by atoms with E-state index < -0.39 is 6.04 Å². The van der Waals surface area contributed by atoms with E-state index in [-0.39, 0.29) is 11.8 Å². The average molecular weight is 307 g/mol. The molecule has 0 bridgehead atoms. The SMILES string of the molecule is CC1C(=O)NCCN1C(=O)c1csc(-c2ccsc2)n1. The number of thiophene rings is 1. The van der Waals surface area contributed by atoms with Crippen LogP contribution in [0.5, 0.6) is 0 Å². The van der Waals surface area contributed by atoms with Crippen molar-refractivity contribution in [3.63, 3.8) is 0 Å². The fourth-order valence-corrected chi connectivity index (χ4v) is 3.60. The summed E-state index contributed by atoms with van der Waals surface area (Å²) in [6.45, 7) is 2.76. The highest BCUT2D eigenvalue weighted by atomic mass is 32.1. The molecule has 2 aromatic rings. The van der Waals surface area contributed by atoms with Crippen LogP contribution < -0.4 is 5.32 Å². The Hall–Kier alpha value is -1.73. The molecule has 1 aliphatic rings. The third-order valence-electron chi connectivity index (χ3n) is 3.25. The minimum Gasteiger partial charge on any atom is -0.353 e. The number of carbonyl (C=O) groups is 2. The molecule has 7 heteroatoms. The molecule has 2 amide bonds. The lowest BCUT2D eigenvalue weighted by Crippen LogP contribution is -2.55.